The lowest BCUT2D eigenvalue weighted by Gasteiger charge is -2.39. The summed E-state index contributed by atoms with van der Waals surface area (Å²) in [5.74, 6) is 0.217. The number of nitrogens with zero attached hydrogens (tertiary/aromatic N) is 3. The van der Waals surface area contributed by atoms with Gasteiger partial charge in [0.15, 0.2) is 0 Å². The third-order valence-corrected chi connectivity index (χ3v) is 11.7. The highest BCUT2D eigenvalue weighted by atomic mass is 35.5. The zero-order valence-electron chi connectivity index (χ0n) is 26.6. The molecule has 9 heteroatoms. The third kappa shape index (κ3) is 6.59. The van der Waals surface area contributed by atoms with Crippen LogP contribution >= 0.6 is 23.2 Å². The van der Waals surface area contributed by atoms with Crippen molar-refractivity contribution >= 4 is 39.9 Å². The minimum Gasteiger partial charge on any atom is -0.508 e. The highest BCUT2D eigenvalue weighted by Gasteiger charge is 2.40. The minimum atomic E-state index is -1.54. The van der Waals surface area contributed by atoms with E-state index in [1.165, 1.54) is 6.07 Å². The minimum absolute atomic E-state index is 0.0981. The van der Waals surface area contributed by atoms with Crippen LogP contribution in [0, 0.1) is 5.92 Å². The highest BCUT2D eigenvalue weighted by Crippen LogP contribution is 2.46. The van der Waals surface area contributed by atoms with E-state index in [1.54, 1.807) is 6.07 Å². The number of piperidine rings is 1. The van der Waals surface area contributed by atoms with Crippen LogP contribution in [0.2, 0.25) is 10.0 Å². The topological polar surface area (TPSA) is 84.4 Å². The number of aromatic hydroxyl groups is 1. The lowest BCUT2D eigenvalue weighted by molar-refractivity contribution is 0.304. The van der Waals surface area contributed by atoms with E-state index in [2.05, 4.69) is 88.6 Å². The summed E-state index contributed by atoms with van der Waals surface area (Å²) in [7, 11) is -1.54. The van der Waals surface area contributed by atoms with E-state index in [1.807, 2.05) is 38.2 Å². The summed E-state index contributed by atoms with van der Waals surface area (Å²) in [5.41, 5.74) is 4.45. The van der Waals surface area contributed by atoms with Gasteiger partial charge in [-0.15, -0.1) is 0 Å². The molecule has 0 aliphatic carbocycles. The zero-order chi connectivity index (χ0) is 33.2. The number of phenols is 1. The molecule has 0 radical (unpaired) electrons. The second kappa shape index (κ2) is 13.9. The number of phenolic OH excluding ortho intramolecular Hbond substituents is 1. The number of halogens is 2. The number of aromatic nitrogens is 2. The maximum absolute atomic E-state index is 12.5. The third-order valence-electron chi connectivity index (χ3n) is 9.69. The quantitative estimate of drug-likeness (QED) is 0.144. The first-order valence-electron chi connectivity index (χ1n) is 15.9. The van der Waals surface area contributed by atoms with Gasteiger partial charge in [0.1, 0.15) is 11.3 Å². The normalized spacial score (nSPS) is 15.8. The Labute approximate surface area is 289 Å². The van der Waals surface area contributed by atoms with E-state index in [-0.39, 0.29) is 17.6 Å². The van der Waals surface area contributed by atoms with Gasteiger partial charge in [-0.1, -0.05) is 114 Å². The van der Waals surface area contributed by atoms with Crippen molar-refractivity contribution in [2.45, 2.75) is 49.3 Å². The number of hydrogen-bond donors (Lipinski definition) is 2. The van der Waals surface area contributed by atoms with Gasteiger partial charge in [-0.3, -0.25) is 9.82 Å². The Morgan fingerprint density at radius 3 is 1.85 bits per heavy atom. The van der Waals surface area contributed by atoms with E-state index in [0.29, 0.717) is 16.5 Å². The molecule has 0 amide bonds. The lowest BCUT2D eigenvalue weighted by atomic mass is 9.75. The lowest BCUT2D eigenvalue weighted by Crippen LogP contribution is -2.39. The summed E-state index contributed by atoms with van der Waals surface area (Å²) in [5, 5.41) is 22.6. The van der Waals surface area contributed by atoms with Crippen molar-refractivity contribution in [3.8, 4) is 5.75 Å². The number of benzene rings is 4. The van der Waals surface area contributed by atoms with Gasteiger partial charge < -0.3 is 10.0 Å². The molecule has 47 heavy (non-hydrogen) atoms. The van der Waals surface area contributed by atoms with Crippen LogP contribution < -0.4 is 10.0 Å². The molecule has 6 nitrogen and oxygen atoms in total. The van der Waals surface area contributed by atoms with Crippen LogP contribution in [0.5, 0.6) is 5.75 Å². The number of nitrogens with two attached hydrogens (primary N) is 1. The van der Waals surface area contributed by atoms with E-state index in [9.17, 15) is 9.32 Å². The van der Waals surface area contributed by atoms with Gasteiger partial charge >= 0.3 is 0 Å². The Morgan fingerprint density at radius 1 is 0.872 bits per heavy atom. The van der Waals surface area contributed by atoms with Crippen molar-refractivity contribution in [2.75, 3.05) is 18.0 Å². The fourth-order valence-corrected chi connectivity index (χ4v) is 7.82. The first kappa shape index (κ1) is 33.3. The summed E-state index contributed by atoms with van der Waals surface area (Å²) < 4.78 is 14.0. The van der Waals surface area contributed by atoms with Crippen molar-refractivity contribution < 1.29 is 9.32 Å². The average Bonchev–Trinajstić information content (AvgIpc) is 3.58. The molecule has 2 atom stereocenters. The Morgan fingerprint density at radius 2 is 1.36 bits per heavy atom. The largest absolute Gasteiger partial charge is 0.508 e. The summed E-state index contributed by atoms with van der Waals surface area (Å²) in [6.45, 7) is 5.42. The molecule has 0 spiro atoms. The number of rotatable bonds is 10. The molecule has 3 N–H and O–H groups in total. The maximum Gasteiger partial charge on any atom is 0.138 e. The highest BCUT2D eigenvalue weighted by molar-refractivity contribution is 7.84. The summed E-state index contributed by atoms with van der Waals surface area (Å²) in [6, 6.07) is 34.9. The fourth-order valence-electron chi connectivity index (χ4n) is 7.15. The predicted molar refractivity (Wildman–Crippen MR) is 194 cm³/mol. The average molecular weight is 688 g/mol. The van der Waals surface area contributed by atoms with Gasteiger partial charge in [-0.05, 0) is 73.3 Å². The molecular weight excluding hydrogens is 647 g/mol. The van der Waals surface area contributed by atoms with Crippen LogP contribution in [0.4, 0.5) is 5.69 Å². The second-order valence-electron chi connectivity index (χ2n) is 13.0. The summed E-state index contributed by atoms with van der Waals surface area (Å²) in [6.07, 6.45) is 6.40. The van der Waals surface area contributed by atoms with Gasteiger partial charge in [-0.25, -0.2) is 4.21 Å². The Kier molecular flexibility index (Phi) is 9.81. The first-order valence-corrected chi connectivity index (χ1v) is 17.9. The maximum atomic E-state index is 12.5. The Bertz CT molecular complexity index is 1730. The standard InChI is InChI=1S/C38H40Cl2N4O2S/c1-37(2,47(41)46)24-33(32-22-34(39)35(40)23-36(32)45)27-18-20-43(21-19-27)31-25-42-44(26-31)38(28-12-6-3-7-13-28,29-14-8-4-9-15-29)30-16-10-5-11-17-30/h3-17,22-23,25-27,33,45H,18-21,24,41H2,1-2H3/t33-,47?/m1/s1. The molecule has 5 aromatic rings. The Balaban J connectivity index is 1.33. The molecule has 4 aromatic carbocycles. The van der Waals surface area contributed by atoms with E-state index in [0.717, 1.165) is 53.9 Å². The monoisotopic (exact) mass is 686 g/mol. The van der Waals surface area contributed by atoms with E-state index < -0.39 is 21.3 Å². The number of hydrogen-bond acceptors (Lipinski definition) is 4. The molecule has 1 aliphatic rings. The van der Waals surface area contributed by atoms with Gasteiger partial charge in [-0.2, -0.15) is 5.10 Å². The van der Waals surface area contributed by atoms with Crippen LogP contribution in [0.15, 0.2) is 116 Å². The van der Waals surface area contributed by atoms with Crippen molar-refractivity contribution in [1.82, 2.24) is 9.78 Å². The zero-order valence-corrected chi connectivity index (χ0v) is 28.9. The van der Waals surface area contributed by atoms with Crippen LogP contribution in [0.1, 0.15) is 61.3 Å². The fraction of sp³-hybridized carbons (Fsp3) is 0.289. The van der Waals surface area contributed by atoms with Gasteiger partial charge in [0.2, 0.25) is 0 Å². The van der Waals surface area contributed by atoms with Crippen LogP contribution in [0.25, 0.3) is 0 Å². The van der Waals surface area contributed by atoms with Crippen molar-refractivity contribution in [1.29, 1.82) is 0 Å². The molecule has 244 valence electrons. The molecule has 0 saturated carbocycles. The van der Waals surface area contributed by atoms with Crippen LogP contribution in [-0.4, -0.2) is 36.9 Å². The van der Waals surface area contributed by atoms with E-state index in [4.69, 9.17) is 33.4 Å². The molecule has 0 bridgehead atoms. The van der Waals surface area contributed by atoms with E-state index >= 15 is 0 Å². The second-order valence-corrected chi connectivity index (χ2v) is 15.5. The van der Waals surface area contributed by atoms with Gasteiger partial charge in [0.25, 0.3) is 0 Å². The van der Waals surface area contributed by atoms with Crippen molar-refractivity contribution in [2.24, 2.45) is 11.1 Å². The van der Waals surface area contributed by atoms with Crippen LogP contribution in [0.3, 0.4) is 0 Å². The number of anilines is 1. The van der Waals surface area contributed by atoms with Gasteiger partial charge in [0, 0.05) is 19.2 Å². The smallest absolute Gasteiger partial charge is 0.138 e. The molecule has 1 saturated heterocycles. The molecule has 1 aliphatic heterocycles. The molecule has 6 rings (SSSR count). The van der Waals surface area contributed by atoms with Crippen molar-refractivity contribution in [3.05, 3.63) is 148 Å². The molecular formula is C38H40Cl2N4O2S. The summed E-state index contributed by atoms with van der Waals surface area (Å²) >= 11 is 12.7. The predicted octanol–water partition coefficient (Wildman–Crippen LogP) is 8.53. The molecule has 2 heterocycles. The molecule has 1 unspecified atom stereocenters. The first-order chi connectivity index (χ1) is 22.6. The SMILES string of the molecule is CC(C)(C[C@@H](c1cc(Cl)c(Cl)cc1O)C1CCN(c2cnn(C(c3ccccc3)(c3ccccc3)c3ccccc3)c2)CC1)S(N)=O. The molecule has 1 aromatic heterocycles. The Hall–Kier alpha value is -3.62. The van der Waals surface area contributed by atoms with Crippen LogP contribution in [-0.2, 0) is 16.5 Å². The molecule has 1 fully saturated rings. The van der Waals surface area contributed by atoms with Crippen molar-refractivity contribution in [3.63, 3.8) is 0 Å². The summed E-state index contributed by atoms with van der Waals surface area (Å²) in [4.78, 5) is 2.38. The van der Waals surface area contributed by atoms with Gasteiger partial charge in [0.05, 0.1) is 43.9 Å².